The zero-order chi connectivity index (χ0) is 15.5. The van der Waals surface area contributed by atoms with Crippen molar-refractivity contribution in [2.24, 2.45) is 5.73 Å². The molecule has 1 heterocycles. The topological polar surface area (TPSA) is 42.2 Å². The van der Waals surface area contributed by atoms with E-state index in [-0.39, 0.29) is 11.5 Å². The Labute approximate surface area is 122 Å². The van der Waals surface area contributed by atoms with Crippen LogP contribution in [0.4, 0.5) is 18.9 Å². The Hall–Kier alpha value is -1.37. The molecule has 3 nitrogen and oxygen atoms in total. The summed E-state index contributed by atoms with van der Waals surface area (Å²) in [4.78, 5) is 5.54. The first-order valence-corrected chi connectivity index (χ1v) is 6.66. The highest BCUT2D eigenvalue weighted by atomic mass is 32.1. The van der Waals surface area contributed by atoms with Crippen LogP contribution in [0.3, 0.4) is 0 Å². The van der Waals surface area contributed by atoms with Crippen LogP contribution in [0.15, 0.2) is 6.07 Å². The van der Waals surface area contributed by atoms with Gasteiger partial charge in [0.25, 0.3) is 0 Å². The molecule has 0 fully saturated rings. The average molecular weight is 305 g/mol. The first-order valence-electron chi connectivity index (χ1n) is 6.25. The SMILES string of the molecule is CCCN(CC(F)(F)F)c1cc(C)nc(C)c1C(N)=S. The molecule has 7 heteroatoms. The number of aromatic nitrogens is 1. The Kier molecular flexibility index (Phi) is 5.33. The number of pyridine rings is 1. The zero-order valence-corrected chi connectivity index (χ0v) is 12.5. The highest BCUT2D eigenvalue weighted by Gasteiger charge is 2.32. The normalized spacial score (nSPS) is 11.5. The van der Waals surface area contributed by atoms with Gasteiger partial charge in [-0.1, -0.05) is 19.1 Å². The predicted molar refractivity (Wildman–Crippen MR) is 78.2 cm³/mol. The summed E-state index contributed by atoms with van der Waals surface area (Å²) >= 11 is 4.95. The lowest BCUT2D eigenvalue weighted by Gasteiger charge is -2.28. The number of aryl methyl sites for hydroxylation is 2. The smallest absolute Gasteiger partial charge is 0.389 e. The van der Waals surface area contributed by atoms with Gasteiger partial charge in [-0.05, 0) is 26.3 Å². The van der Waals surface area contributed by atoms with E-state index in [0.717, 1.165) is 0 Å². The second kappa shape index (κ2) is 6.39. The number of alkyl halides is 3. The van der Waals surface area contributed by atoms with Crippen molar-refractivity contribution in [2.75, 3.05) is 18.0 Å². The van der Waals surface area contributed by atoms with E-state index in [9.17, 15) is 13.2 Å². The maximum Gasteiger partial charge on any atom is 0.405 e. The lowest BCUT2D eigenvalue weighted by molar-refractivity contribution is -0.119. The van der Waals surface area contributed by atoms with Crippen molar-refractivity contribution in [3.8, 4) is 0 Å². The Bertz CT molecular complexity index is 500. The van der Waals surface area contributed by atoms with Crippen LogP contribution in [0.25, 0.3) is 0 Å². The minimum Gasteiger partial charge on any atom is -0.389 e. The lowest BCUT2D eigenvalue weighted by Crippen LogP contribution is -2.36. The number of rotatable bonds is 5. The minimum absolute atomic E-state index is 0.0632. The van der Waals surface area contributed by atoms with Crippen LogP contribution < -0.4 is 10.6 Å². The van der Waals surface area contributed by atoms with E-state index in [4.69, 9.17) is 18.0 Å². The third kappa shape index (κ3) is 4.33. The van der Waals surface area contributed by atoms with Gasteiger partial charge in [0.2, 0.25) is 0 Å². The van der Waals surface area contributed by atoms with Crippen LogP contribution in [0, 0.1) is 13.8 Å². The van der Waals surface area contributed by atoms with Crippen molar-refractivity contribution < 1.29 is 13.2 Å². The zero-order valence-electron chi connectivity index (χ0n) is 11.7. The summed E-state index contributed by atoms with van der Waals surface area (Å²) in [6, 6.07) is 1.60. The fourth-order valence-electron chi connectivity index (χ4n) is 2.13. The molecule has 0 aliphatic rings. The van der Waals surface area contributed by atoms with Crippen LogP contribution in [-0.2, 0) is 0 Å². The van der Waals surface area contributed by atoms with Gasteiger partial charge in [0.05, 0.1) is 11.3 Å². The van der Waals surface area contributed by atoms with Crippen LogP contribution in [-0.4, -0.2) is 29.2 Å². The Morgan fingerprint density at radius 3 is 2.45 bits per heavy atom. The highest BCUT2D eigenvalue weighted by molar-refractivity contribution is 7.80. The summed E-state index contributed by atoms with van der Waals surface area (Å²) in [6.07, 6.45) is -3.69. The van der Waals surface area contributed by atoms with Crippen molar-refractivity contribution in [2.45, 2.75) is 33.4 Å². The monoisotopic (exact) mass is 305 g/mol. The number of anilines is 1. The summed E-state index contributed by atoms with van der Waals surface area (Å²) in [7, 11) is 0. The van der Waals surface area contributed by atoms with Crippen LogP contribution in [0.1, 0.15) is 30.3 Å². The summed E-state index contributed by atoms with van der Waals surface area (Å²) < 4.78 is 38.2. The molecule has 1 aromatic heterocycles. The number of halogens is 3. The fourth-order valence-corrected chi connectivity index (χ4v) is 2.39. The summed E-state index contributed by atoms with van der Waals surface area (Å²) in [5.41, 5.74) is 7.66. The van der Waals surface area contributed by atoms with Gasteiger partial charge in [-0.2, -0.15) is 13.2 Å². The van der Waals surface area contributed by atoms with E-state index in [1.807, 2.05) is 6.92 Å². The van der Waals surface area contributed by atoms with Gasteiger partial charge in [0, 0.05) is 17.9 Å². The lowest BCUT2D eigenvalue weighted by atomic mass is 10.1. The molecule has 0 saturated heterocycles. The van der Waals surface area contributed by atoms with Gasteiger partial charge in [-0.3, -0.25) is 4.98 Å². The van der Waals surface area contributed by atoms with E-state index in [1.165, 1.54) is 4.90 Å². The predicted octanol–water partition coefficient (Wildman–Crippen LogP) is 3.11. The molecule has 0 spiro atoms. The van der Waals surface area contributed by atoms with Gasteiger partial charge in [-0.25, -0.2) is 0 Å². The number of thiocarbonyl (C=S) groups is 1. The third-order valence-electron chi connectivity index (χ3n) is 2.76. The van der Waals surface area contributed by atoms with Crippen LogP contribution in [0.2, 0.25) is 0 Å². The molecule has 0 aliphatic carbocycles. The second-order valence-corrected chi connectivity index (χ2v) is 5.08. The highest BCUT2D eigenvalue weighted by Crippen LogP contribution is 2.27. The van der Waals surface area contributed by atoms with Gasteiger partial charge >= 0.3 is 6.18 Å². The van der Waals surface area contributed by atoms with Crippen molar-refractivity contribution >= 4 is 22.9 Å². The Morgan fingerprint density at radius 1 is 1.40 bits per heavy atom. The maximum absolute atomic E-state index is 12.7. The molecule has 112 valence electrons. The van der Waals surface area contributed by atoms with E-state index >= 15 is 0 Å². The molecular weight excluding hydrogens is 287 g/mol. The van der Waals surface area contributed by atoms with Gasteiger partial charge < -0.3 is 10.6 Å². The summed E-state index contributed by atoms with van der Waals surface area (Å²) in [5, 5.41) is 0. The van der Waals surface area contributed by atoms with Gasteiger partial charge in [0.1, 0.15) is 11.5 Å². The molecule has 0 bridgehead atoms. The van der Waals surface area contributed by atoms with Crippen molar-refractivity contribution in [1.29, 1.82) is 0 Å². The molecule has 0 saturated carbocycles. The molecule has 1 aromatic rings. The maximum atomic E-state index is 12.7. The first-order chi connectivity index (χ1) is 9.15. The first kappa shape index (κ1) is 16.7. The largest absolute Gasteiger partial charge is 0.405 e. The number of hydrogen-bond acceptors (Lipinski definition) is 3. The Balaban J connectivity index is 3.34. The molecule has 1 rings (SSSR count). The van der Waals surface area contributed by atoms with E-state index in [1.54, 1.807) is 19.9 Å². The van der Waals surface area contributed by atoms with Gasteiger partial charge in [-0.15, -0.1) is 0 Å². The van der Waals surface area contributed by atoms with E-state index in [0.29, 0.717) is 29.1 Å². The van der Waals surface area contributed by atoms with Crippen LogP contribution in [0.5, 0.6) is 0 Å². The molecule has 0 amide bonds. The van der Waals surface area contributed by atoms with E-state index in [2.05, 4.69) is 4.98 Å². The van der Waals surface area contributed by atoms with E-state index < -0.39 is 12.7 Å². The number of nitrogens with zero attached hydrogens (tertiary/aromatic N) is 2. The molecule has 0 unspecified atom stereocenters. The molecule has 0 atom stereocenters. The summed E-state index contributed by atoms with van der Waals surface area (Å²) in [6.45, 7) is 4.50. The minimum atomic E-state index is -4.28. The molecule has 2 N–H and O–H groups in total. The van der Waals surface area contributed by atoms with Gasteiger partial charge in [0.15, 0.2) is 0 Å². The molecule has 20 heavy (non-hydrogen) atoms. The fraction of sp³-hybridized carbons (Fsp3) is 0.538. The standard InChI is InChI=1S/C13H18F3N3S/c1-4-5-19(7-13(14,15)16)10-6-8(2)18-9(3)11(10)12(17)20/h6H,4-5,7H2,1-3H3,(H2,17,20). The Morgan fingerprint density at radius 2 is 2.00 bits per heavy atom. The molecule has 0 aromatic carbocycles. The van der Waals surface area contributed by atoms with Crippen molar-refractivity contribution in [3.05, 3.63) is 23.0 Å². The molecule has 0 aliphatic heterocycles. The average Bonchev–Trinajstić information content (AvgIpc) is 2.24. The third-order valence-corrected chi connectivity index (χ3v) is 2.96. The molecule has 0 radical (unpaired) electrons. The number of nitrogens with two attached hydrogens (primary N) is 1. The van der Waals surface area contributed by atoms with Crippen molar-refractivity contribution in [3.63, 3.8) is 0 Å². The summed E-state index contributed by atoms with van der Waals surface area (Å²) in [5.74, 6) is 0. The quantitative estimate of drug-likeness (QED) is 0.849. The van der Waals surface area contributed by atoms with Crippen molar-refractivity contribution in [1.82, 2.24) is 4.98 Å². The number of hydrogen-bond donors (Lipinski definition) is 1. The second-order valence-electron chi connectivity index (χ2n) is 4.64. The molecular formula is C13H18F3N3S. The van der Waals surface area contributed by atoms with Crippen LogP contribution >= 0.6 is 12.2 Å².